The van der Waals surface area contributed by atoms with Gasteiger partial charge in [-0.3, -0.25) is 9.78 Å². The minimum atomic E-state index is 0.167. The molecule has 0 saturated heterocycles. The third-order valence-corrected chi connectivity index (χ3v) is 3.96. The third-order valence-electron chi connectivity index (χ3n) is 3.96. The molecule has 1 aromatic heterocycles. The number of hydrogen-bond acceptors (Lipinski definition) is 3. The number of carbonyl (C=O) groups excluding carboxylic acids is 1. The molecule has 0 unspecified atom stereocenters. The molecule has 1 heterocycles. The van der Waals surface area contributed by atoms with Crippen LogP contribution in [0.4, 0.5) is 5.69 Å². The molecule has 0 aliphatic rings. The molecule has 0 bridgehead atoms. The molecule has 122 valence electrons. The number of aromatic nitrogens is 1. The van der Waals surface area contributed by atoms with Crippen LogP contribution < -0.4 is 5.32 Å². The summed E-state index contributed by atoms with van der Waals surface area (Å²) < 4.78 is 0. The van der Waals surface area contributed by atoms with Crippen molar-refractivity contribution in [3.8, 4) is 0 Å². The maximum absolute atomic E-state index is 12.2. The zero-order valence-electron chi connectivity index (χ0n) is 14.0. The molecule has 0 spiro atoms. The van der Waals surface area contributed by atoms with Gasteiger partial charge in [0.2, 0.25) is 5.91 Å². The highest BCUT2D eigenvalue weighted by atomic mass is 16.2. The van der Waals surface area contributed by atoms with Crippen molar-refractivity contribution in [1.29, 1.82) is 0 Å². The molecule has 0 aliphatic carbocycles. The third kappa shape index (κ3) is 5.40. The number of nitrogens with zero attached hydrogens (tertiary/aromatic N) is 2. The van der Waals surface area contributed by atoms with E-state index in [1.807, 2.05) is 31.3 Å². The second-order valence-electron chi connectivity index (χ2n) is 5.61. The van der Waals surface area contributed by atoms with E-state index in [0.29, 0.717) is 13.0 Å². The lowest BCUT2D eigenvalue weighted by molar-refractivity contribution is -0.129. The van der Waals surface area contributed by atoms with E-state index in [1.165, 1.54) is 11.1 Å². The zero-order chi connectivity index (χ0) is 16.5. The van der Waals surface area contributed by atoms with Crippen molar-refractivity contribution in [2.45, 2.75) is 26.2 Å². The normalized spacial score (nSPS) is 10.3. The van der Waals surface area contributed by atoms with E-state index < -0.39 is 0 Å². The summed E-state index contributed by atoms with van der Waals surface area (Å²) in [5.74, 6) is 0.167. The van der Waals surface area contributed by atoms with Gasteiger partial charge in [-0.1, -0.05) is 25.1 Å². The fourth-order valence-corrected chi connectivity index (χ4v) is 2.47. The number of nitrogens with one attached hydrogen (secondary N) is 1. The van der Waals surface area contributed by atoms with Gasteiger partial charge in [0.25, 0.3) is 0 Å². The van der Waals surface area contributed by atoms with Crippen molar-refractivity contribution < 1.29 is 4.79 Å². The largest absolute Gasteiger partial charge is 0.384 e. The fraction of sp³-hybridized carbons (Fsp3) is 0.368. The Balaban J connectivity index is 1.73. The van der Waals surface area contributed by atoms with E-state index in [0.717, 1.165) is 25.1 Å². The van der Waals surface area contributed by atoms with Gasteiger partial charge in [-0.25, -0.2) is 0 Å². The van der Waals surface area contributed by atoms with Crippen molar-refractivity contribution >= 4 is 11.6 Å². The Kier molecular flexibility index (Phi) is 6.60. The highest BCUT2D eigenvalue weighted by molar-refractivity contribution is 5.76. The van der Waals surface area contributed by atoms with Crippen LogP contribution in [0, 0.1) is 0 Å². The number of anilines is 1. The fourth-order valence-electron chi connectivity index (χ4n) is 2.47. The molecule has 1 aromatic carbocycles. The lowest BCUT2D eigenvalue weighted by Crippen LogP contribution is -2.30. The van der Waals surface area contributed by atoms with E-state index >= 15 is 0 Å². The van der Waals surface area contributed by atoms with Crippen LogP contribution in [0.25, 0.3) is 0 Å². The van der Waals surface area contributed by atoms with E-state index in [1.54, 1.807) is 17.3 Å². The van der Waals surface area contributed by atoms with Crippen LogP contribution in [0.1, 0.15) is 24.5 Å². The molecule has 23 heavy (non-hydrogen) atoms. The number of carbonyl (C=O) groups is 1. The predicted octanol–water partition coefficient (Wildman–Crippen LogP) is 3.15. The van der Waals surface area contributed by atoms with Crippen molar-refractivity contribution in [3.63, 3.8) is 0 Å². The second kappa shape index (κ2) is 8.93. The SMILES string of the molecule is CCc1ccccc1NCCC(=O)N(C)CCc1ccncc1. The predicted molar refractivity (Wildman–Crippen MR) is 94.5 cm³/mol. The molecule has 1 N–H and O–H groups in total. The molecule has 0 atom stereocenters. The minimum Gasteiger partial charge on any atom is -0.384 e. The van der Waals surface area contributed by atoms with Gasteiger partial charge in [-0.15, -0.1) is 0 Å². The molecule has 0 aliphatic heterocycles. The van der Waals surface area contributed by atoms with Crippen molar-refractivity contribution in [2.75, 3.05) is 25.5 Å². The van der Waals surface area contributed by atoms with Gasteiger partial charge in [0.05, 0.1) is 0 Å². The first-order valence-corrected chi connectivity index (χ1v) is 8.15. The number of benzene rings is 1. The molecule has 0 saturated carbocycles. The molecule has 0 fully saturated rings. The van der Waals surface area contributed by atoms with Crippen molar-refractivity contribution in [3.05, 3.63) is 59.9 Å². The maximum Gasteiger partial charge on any atom is 0.224 e. The number of amides is 1. The monoisotopic (exact) mass is 311 g/mol. The first-order valence-electron chi connectivity index (χ1n) is 8.15. The lowest BCUT2D eigenvalue weighted by atomic mass is 10.1. The minimum absolute atomic E-state index is 0.167. The van der Waals surface area contributed by atoms with Crippen LogP contribution in [-0.4, -0.2) is 35.9 Å². The van der Waals surface area contributed by atoms with Crippen LogP contribution in [-0.2, 0) is 17.6 Å². The number of para-hydroxylation sites is 1. The van der Waals surface area contributed by atoms with Gasteiger partial charge in [0, 0.05) is 44.6 Å². The quantitative estimate of drug-likeness (QED) is 0.814. The first kappa shape index (κ1) is 17.0. The Labute approximate surface area is 138 Å². The Bertz CT molecular complexity index is 613. The summed E-state index contributed by atoms with van der Waals surface area (Å²) in [5, 5.41) is 3.37. The Hall–Kier alpha value is -2.36. The Morgan fingerprint density at radius 1 is 1.17 bits per heavy atom. The zero-order valence-corrected chi connectivity index (χ0v) is 14.0. The van der Waals surface area contributed by atoms with Crippen LogP contribution in [0.15, 0.2) is 48.8 Å². The Morgan fingerprint density at radius 2 is 1.91 bits per heavy atom. The molecular weight excluding hydrogens is 286 g/mol. The van der Waals surface area contributed by atoms with Gasteiger partial charge in [0.1, 0.15) is 0 Å². The summed E-state index contributed by atoms with van der Waals surface area (Å²) in [6.45, 7) is 3.53. The first-order chi connectivity index (χ1) is 11.2. The summed E-state index contributed by atoms with van der Waals surface area (Å²) >= 11 is 0. The molecule has 2 rings (SSSR count). The van der Waals surface area contributed by atoms with E-state index in [4.69, 9.17) is 0 Å². The highest BCUT2D eigenvalue weighted by Gasteiger charge is 2.08. The van der Waals surface area contributed by atoms with Gasteiger partial charge >= 0.3 is 0 Å². The van der Waals surface area contributed by atoms with Crippen LogP contribution in [0.2, 0.25) is 0 Å². The van der Waals surface area contributed by atoms with Crippen LogP contribution in [0.5, 0.6) is 0 Å². The smallest absolute Gasteiger partial charge is 0.224 e. The van der Waals surface area contributed by atoms with Crippen molar-refractivity contribution in [1.82, 2.24) is 9.88 Å². The van der Waals surface area contributed by atoms with Gasteiger partial charge < -0.3 is 10.2 Å². The van der Waals surface area contributed by atoms with Gasteiger partial charge in [-0.05, 0) is 42.2 Å². The lowest BCUT2D eigenvalue weighted by Gasteiger charge is -2.18. The van der Waals surface area contributed by atoms with Crippen LogP contribution in [0.3, 0.4) is 0 Å². The average Bonchev–Trinajstić information content (AvgIpc) is 2.60. The average molecular weight is 311 g/mol. The highest BCUT2D eigenvalue weighted by Crippen LogP contribution is 2.15. The number of likely N-dealkylation sites (N-methyl/N-ethyl adjacent to an activating group) is 1. The maximum atomic E-state index is 12.2. The standard InChI is InChI=1S/C19H25N3O/c1-3-17-6-4-5-7-18(17)21-14-10-19(23)22(2)15-11-16-8-12-20-13-9-16/h4-9,12-13,21H,3,10-11,14-15H2,1-2H3. The van der Waals surface area contributed by atoms with Gasteiger partial charge in [-0.2, -0.15) is 0 Å². The second-order valence-corrected chi connectivity index (χ2v) is 5.61. The number of pyridine rings is 1. The molecule has 2 aromatic rings. The summed E-state index contributed by atoms with van der Waals surface area (Å²) in [6, 6.07) is 12.2. The van der Waals surface area contributed by atoms with E-state index in [2.05, 4.69) is 29.4 Å². The number of aryl methyl sites for hydroxylation is 1. The summed E-state index contributed by atoms with van der Waals surface area (Å²) in [5.41, 5.74) is 3.61. The summed E-state index contributed by atoms with van der Waals surface area (Å²) in [4.78, 5) is 18.0. The molecule has 1 amide bonds. The van der Waals surface area contributed by atoms with Gasteiger partial charge in [0.15, 0.2) is 0 Å². The molecule has 0 radical (unpaired) electrons. The molecule has 4 heteroatoms. The molecule has 4 nitrogen and oxygen atoms in total. The van der Waals surface area contributed by atoms with Crippen molar-refractivity contribution in [2.24, 2.45) is 0 Å². The topological polar surface area (TPSA) is 45.2 Å². The van der Waals surface area contributed by atoms with Crippen LogP contribution >= 0.6 is 0 Å². The number of hydrogen-bond donors (Lipinski definition) is 1. The summed E-state index contributed by atoms with van der Waals surface area (Å²) in [6.07, 6.45) is 5.92. The van der Waals surface area contributed by atoms with E-state index in [-0.39, 0.29) is 5.91 Å². The number of rotatable bonds is 8. The summed E-state index contributed by atoms with van der Waals surface area (Å²) in [7, 11) is 1.86. The molecular formula is C19H25N3O. The van der Waals surface area contributed by atoms with E-state index in [9.17, 15) is 4.79 Å². The Morgan fingerprint density at radius 3 is 2.65 bits per heavy atom.